The predicted molar refractivity (Wildman–Crippen MR) is 81.2 cm³/mol. The molecule has 0 aliphatic heterocycles. The van der Waals surface area contributed by atoms with Crippen LogP contribution in [0.2, 0.25) is 0 Å². The fourth-order valence-electron chi connectivity index (χ4n) is 2.37. The summed E-state index contributed by atoms with van der Waals surface area (Å²) >= 11 is 0. The van der Waals surface area contributed by atoms with Gasteiger partial charge in [-0.25, -0.2) is 0 Å². The number of likely N-dealkylation sites (N-methyl/N-ethyl adjacent to an activating group) is 1. The van der Waals surface area contributed by atoms with Crippen molar-refractivity contribution in [1.29, 1.82) is 0 Å². The summed E-state index contributed by atoms with van der Waals surface area (Å²) in [6.07, 6.45) is 0.680. The molecule has 0 aliphatic rings. The largest absolute Gasteiger partial charge is 0.381 e. The van der Waals surface area contributed by atoms with Gasteiger partial charge in [-0.05, 0) is 19.5 Å². The molecule has 5 nitrogen and oxygen atoms in total. The molecule has 0 saturated carbocycles. The van der Waals surface area contributed by atoms with Gasteiger partial charge in [0.1, 0.15) is 0 Å². The van der Waals surface area contributed by atoms with Gasteiger partial charge in [0, 0.05) is 19.1 Å². The van der Waals surface area contributed by atoms with Crippen molar-refractivity contribution in [1.82, 2.24) is 15.5 Å². The highest BCUT2D eigenvalue weighted by Gasteiger charge is 2.24. The fourth-order valence-corrected chi connectivity index (χ4v) is 2.37. The number of nitrogens with zero attached hydrogens (tertiary/aromatic N) is 2. The second kappa shape index (κ2) is 7.90. The van der Waals surface area contributed by atoms with Gasteiger partial charge in [0.25, 0.3) is 0 Å². The monoisotopic (exact) mass is 289 g/mol. The number of aromatic nitrogens is 2. The lowest BCUT2D eigenvalue weighted by Gasteiger charge is -2.21. The van der Waals surface area contributed by atoms with Crippen LogP contribution in [0.5, 0.6) is 0 Å². The van der Waals surface area contributed by atoms with E-state index >= 15 is 0 Å². The van der Waals surface area contributed by atoms with E-state index in [9.17, 15) is 0 Å². The highest BCUT2D eigenvalue weighted by Crippen LogP contribution is 2.29. The maximum Gasteiger partial charge on any atom is 0.231 e. The SMILES string of the molecule is CCOCCc1noc(C(C)C(NC)c2ccccc2)n1. The van der Waals surface area contributed by atoms with E-state index in [2.05, 4.69) is 34.5 Å². The van der Waals surface area contributed by atoms with Crippen LogP contribution < -0.4 is 5.32 Å². The quantitative estimate of drug-likeness (QED) is 0.757. The lowest BCUT2D eigenvalue weighted by Crippen LogP contribution is -2.22. The molecule has 21 heavy (non-hydrogen) atoms. The zero-order valence-corrected chi connectivity index (χ0v) is 12.9. The van der Waals surface area contributed by atoms with Gasteiger partial charge < -0.3 is 14.6 Å². The maximum atomic E-state index is 5.40. The Morgan fingerprint density at radius 1 is 1.29 bits per heavy atom. The predicted octanol–water partition coefficient (Wildman–Crippen LogP) is 2.71. The number of hydrogen-bond donors (Lipinski definition) is 1. The van der Waals surface area contributed by atoms with Gasteiger partial charge in [0.05, 0.1) is 12.5 Å². The summed E-state index contributed by atoms with van der Waals surface area (Å²) in [6, 6.07) is 10.4. The first kappa shape index (κ1) is 15.7. The zero-order chi connectivity index (χ0) is 15.1. The summed E-state index contributed by atoms with van der Waals surface area (Å²) in [5.41, 5.74) is 1.21. The molecule has 0 bridgehead atoms. The second-order valence-corrected chi connectivity index (χ2v) is 4.96. The summed E-state index contributed by atoms with van der Waals surface area (Å²) in [4.78, 5) is 4.48. The van der Waals surface area contributed by atoms with Crippen molar-refractivity contribution in [2.75, 3.05) is 20.3 Å². The Hall–Kier alpha value is -1.72. The van der Waals surface area contributed by atoms with E-state index in [1.54, 1.807) is 0 Å². The molecule has 5 heteroatoms. The van der Waals surface area contributed by atoms with Crippen LogP contribution in [-0.2, 0) is 11.2 Å². The molecule has 0 aliphatic carbocycles. The smallest absolute Gasteiger partial charge is 0.231 e. The van der Waals surface area contributed by atoms with Gasteiger partial charge in [0.15, 0.2) is 5.82 Å². The van der Waals surface area contributed by atoms with Crippen LogP contribution in [0.1, 0.15) is 43.1 Å². The molecule has 0 amide bonds. The highest BCUT2D eigenvalue weighted by molar-refractivity contribution is 5.21. The Labute approximate surface area is 125 Å². The minimum atomic E-state index is 0.103. The van der Waals surface area contributed by atoms with Crippen molar-refractivity contribution in [3.05, 3.63) is 47.6 Å². The van der Waals surface area contributed by atoms with Crippen molar-refractivity contribution < 1.29 is 9.26 Å². The molecule has 114 valence electrons. The van der Waals surface area contributed by atoms with Crippen molar-refractivity contribution >= 4 is 0 Å². The topological polar surface area (TPSA) is 60.2 Å². The molecule has 2 aromatic rings. The molecule has 1 aromatic heterocycles. The third-order valence-corrected chi connectivity index (χ3v) is 3.52. The molecule has 0 spiro atoms. The Kier molecular flexibility index (Phi) is 5.90. The van der Waals surface area contributed by atoms with Crippen LogP contribution in [0.25, 0.3) is 0 Å². The Bertz CT molecular complexity index is 527. The summed E-state index contributed by atoms with van der Waals surface area (Å²) < 4.78 is 10.7. The molecule has 2 atom stereocenters. The summed E-state index contributed by atoms with van der Waals surface area (Å²) in [5.74, 6) is 1.46. The van der Waals surface area contributed by atoms with Crippen molar-refractivity contribution in [3.63, 3.8) is 0 Å². The first-order valence-corrected chi connectivity index (χ1v) is 7.38. The Morgan fingerprint density at radius 2 is 2.05 bits per heavy atom. The molecule has 2 rings (SSSR count). The minimum Gasteiger partial charge on any atom is -0.381 e. The third-order valence-electron chi connectivity index (χ3n) is 3.52. The van der Waals surface area contributed by atoms with Crippen LogP contribution in [0, 0.1) is 0 Å². The fraction of sp³-hybridized carbons (Fsp3) is 0.500. The van der Waals surface area contributed by atoms with Gasteiger partial charge in [-0.2, -0.15) is 4.98 Å². The van der Waals surface area contributed by atoms with Crippen LogP contribution in [0.3, 0.4) is 0 Å². The van der Waals surface area contributed by atoms with Crippen molar-refractivity contribution in [2.45, 2.75) is 32.2 Å². The Morgan fingerprint density at radius 3 is 2.71 bits per heavy atom. The van der Waals surface area contributed by atoms with Gasteiger partial charge in [-0.1, -0.05) is 42.4 Å². The highest BCUT2D eigenvalue weighted by atomic mass is 16.5. The second-order valence-electron chi connectivity index (χ2n) is 4.96. The number of benzene rings is 1. The van der Waals surface area contributed by atoms with E-state index in [4.69, 9.17) is 9.26 Å². The van der Waals surface area contributed by atoms with Crippen LogP contribution in [0.15, 0.2) is 34.9 Å². The molecule has 0 fully saturated rings. The van der Waals surface area contributed by atoms with Crippen LogP contribution >= 0.6 is 0 Å². The average Bonchev–Trinajstić information content (AvgIpc) is 2.98. The number of nitrogens with one attached hydrogen (secondary N) is 1. The number of hydrogen-bond acceptors (Lipinski definition) is 5. The van der Waals surface area contributed by atoms with Crippen LogP contribution in [-0.4, -0.2) is 30.4 Å². The number of rotatable bonds is 8. The van der Waals surface area contributed by atoms with Gasteiger partial charge >= 0.3 is 0 Å². The first-order valence-electron chi connectivity index (χ1n) is 7.38. The summed E-state index contributed by atoms with van der Waals surface area (Å²) in [6.45, 7) is 5.39. The van der Waals surface area contributed by atoms with Gasteiger partial charge in [-0.15, -0.1) is 0 Å². The number of ether oxygens (including phenoxy) is 1. The third kappa shape index (κ3) is 4.12. The molecule has 1 aromatic carbocycles. The van der Waals surface area contributed by atoms with E-state index in [-0.39, 0.29) is 12.0 Å². The molecule has 0 saturated heterocycles. The minimum absolute atomic E-state index is 0.103. The summed E-state index contributed by atoms with van der Waals surface area (Å²) in [5, 5.41) is 7.35. The van der Waals surface area contributed by atoms with E-state index in [0.29, 0.717) is 31.3 Å². The lowest BCUT2D eigenvalue weighted by atomic mass is 9.94. The molecule has 0 radical (unpaired) electrons. The Balaban J connectivity index is 2.06. The maximum absolute atomic E-state index is 5.40. The normalized spacial score (nSPS) is 14.0. The van der Waals surface area contributed by atoms with Gasteiger partial charge in [0.2, 0.25) is 5.89 Å². The standard InChI is InChI=1S/C16H23N3O2/c1-4-20-11-10-14-18-16(21-19-14)12(2)15(17-3)13-8-6-5-7-9-13/h5-9,12,15,17H,4,10-11H2,1-3H3. The molecular formula is C16H23N3O2. The van der Waals surface area contributed by atoms with E-state index < -0.39 is 0 Å². The molecule has 1 heterocycles. The molecule has 2 unspecified atom stereocenters. The van der Waals surface area contributed by atoms with Crippen molar-refractivity contribution in [2.24, 2.45) is 0 Å². The van der Waals surface area contributed by atoms with E-state index in [1.807, 2.05) is 32.2 Å². The van der Waals surface area contributed by atoms with Crippen LogP contribution in [0.4, 0.5) is 0 Å². The lowest BCUT2D eigenvalue weighted by molar-refractivity contribution is 0.149. The zero-order valence-electron chi connectivity index (χ0n) is 12.9. The first-order chi connectivity index (χ1) is 10.3. The molecule has 1 N–H and O–H groups in total. The van der Waals surface area contributed by atoms with E-state index in [0.717, 1.165) is 0 Å². The average molecular weight is 289 g/mol. The van der Waals surface area contributed by atoms with Gasteiger partial charge in [-0.3, -0.25) is 0 Å². The van der Waals surface area contributed by atoms with E-state index in [1.165, 1.54) is 5.56 Å². The van der Waals surface area contributed by atoms with Crippen molar-refractivity contribution in [3.8, 4) is 0 Å². The molecular weight excluding hydrogens is 266 g/mol. The summed E-state index contributed by atoms with van der Waals surface area (Å²) in [7, 11) is 1.94.